The van der Waals surface area contributed by atoms with Crippen molar-refractivity contribution in [2.24, 2.45) is 0 Å². The summed E-state index contributed by atoms with van der Waals surface area (Å²) in [4.78, 5) is 4.25. The van der Waals surface area contributed by atoms with Crippen LogP contribution in [0.2, 0.25) is 0 Å². The molecule has 0 radical (unpaired) electrons. The van der Waals surface area contributed by atoms with Gasteiger partial charge in [0, 0.05) is 17.3 Å². The molecule has 3 heteroatoms. The fourth-order valence-electron chi connectivity index (χ4n) is 1.85. The van der Waals surface area contributed by atoms with Gasteiger partial charge < -0.3 is 10.2 Å². The molecule has 3 aromatic rings. The van der Waals surface area contributed by atoms with Crippen molar-refractivity contribution in [2.45, 2.75) is 6.92 Å². The van der Waals surface area contributed by atoms with E-state index in [0.717, 1.165) is 22.4 Å². The topological polar surface area (TPSA) is 52.0 Å². The predicted octanol–water partition coefficient (Wildman–Crippen LogP) is 3.39. The third kappa shape index (κ3) is 1.76. The van der Waals surface area contributed by atoms with Crippen molar-refractivity contribution < 1.29 is 4.42 Å². The van der Waals surface area contributed by atoms with E-state index in [1.54, 1.807) is 12.3 Å². The third-order valence-corrected chi connectivity index (χ3v) is 2.71. The number of fused-ring (bicyclic) bond motifs is 1. The van der Waals surface area contributed by atoms with Gasteiger partial charge in [-0.1, -0.05) is 12.1 Å². The number of furan rings is 1. The van der Waals surface area contributed by atoms with Crippen LogP contribution < -0.4 is 5.73 Å². The molecule has 0 unspecified atom stereocenters. The van der Waals surface area contributed by atoms with Crippen LogP contribution in [-0.2, 0) is 0 Å². The van der Waals surface area contributed by atoms with E-state index in [1.807, 2.05) is 31.2 Å². The van der Waals surface area contributed by atoms with E-state index in [0.29, 0.717) is 5.69 Å². The second-order valence-corrected chi connectivity index (χ2v) is 4.13. The Labute approximate surface area is 98.9 Å². The van der Waals surface area contributed by atoms with Crippen molar-refractivity contribution in [1.29, 1.82) is 0 Å². The highest BCUT2D eigenvalue weighted by atomic mass is 16.3. The molecule has 0 amide bonds. The SMILES string of the molecule is Cc1ccc2cc(-c3cc(N)ccn3)oc2c1. The zero-order valence-electron chi connectivity index (χ0n) is 9.47. The first-order valence-electron chi connectivity index (χ1n) is 5.44. The number of pyridine rings is 1. The number of anilines is 1. The number of nitrogens with zero attached hydrogens (tertiary/aromatic N) is 1. The molecule has 0 saturated heterocycles. The van der Waals surface area contributed by atoms with Crippen LogP contribution >= 0.6 is 0 Å². The molecule has 0 aliphatic heterocycles. The first-order valence-corrected chi connectivity index (χ1v) is 5.44. The van der Waals surface area contributed by atoms with E-state index in [-0.39, 0.29) is 0 Å². The maximum Gasteiger partial charge on any atom is 0.153 e. The van der Waals surface area contributed by atoms with Crippen molar-refractivity contribution in [3.63, 3.8) is 0 Å². The number of rotatable bonds is 1. The minimum absolute atomic E-state index is 0.687. The number of hydrogen-bond acceptors (Lipinski definition) is 3. The van der Waals surface area contributed by atoms with E-state index in [1.165, 1.54) is 5.56 Å². The van der Waals surface area contributed by atoms with Gasteiger partial charge in [-0.25, -0.2) is 0 Å². The Balaban J connectivity index is 2.18. The number of hydrogen-bond donors (Lipinski definition) is 1. The summed E-state index contributed by atoms with van der Waals surface area (Å²) in [5.41, 5.74) is 9.24. The summed E-state index contributed by atoms with van der Waals surface area (Å²) in [5, 5.41) is 1.08. The highest BCUT2D eigenvalue weighted by molar-refractivity contribution is 5.83. The second kappa shape index (κ2) is 3.63. The molecule has 2 N–H and O–H groups in total. The van der Waals surface area contributed by atoms with Crippen LogP contribution in [0.3, 0.4) is 0 Å². The van der Waals surface area contributed by atoms with Gasteiger partial charge in [0.2, 0.25) is 0 Å². The van der Waals surface area contributed by atoms with Crippen LogP contribution in [0.1, 0.15) is 5.56 Å². The number of benzene rings is 1. The molecule has 0 spiro atoms. The predicted molar refractivity (Wildman–Crippen MR) is 68.6 cm³/mol. The van der Waals surface area contributed by atoms with E-state index in [9.17, 15) is 0 Å². The molecular weight excluding hydrogens is 212 g/mol. The van der Waals surface area contributed by atoms with E-state index in [4.69, 9.17) is 10.2 Å². The monoisotopic (exact) mass is 224 g/mol. The van der Waals surface area contributed by atoms with Crippen molar-refractivity contribution >= 4 is 16.7 Å². The number of aromatic nitrogens is 1. The molecule has 3 nitrogen and oxygen atoms in total. The minimum Gasteiger partial charge on any atom is -0.454 e. The molecule has 0 bridgehead atoms. The molecule has 0 aliphatic carbocycles. The van der Waals surface area contributed by atoms with Crippen LogP contribution in [0.4, 0.5) is 5.69 Å². The van der Waals surface area contributed by atoms with E-state index >= 15 is 0 Å². The Hall–Kier alpha value is -2.29. The van der Waals surface area contributed by atoms with Gasteiger partial charge in [-0.05, 0) is 36.8 Å². The Morgan fingerprint density at radius 1 is 1.12 bits per heavy atom. The molecule has 2 heterocycles. The molecule has 0 atom stereocenters. The maximum atomic E-state index is 5.77. The summed E-state index contributed by atoms with van der Waals surface area (Å²) in [5.74, 6) is 0.748. The van der Waals surface area contributed by atoms with Crippen LogP contribution in [0.15, 0.2) is 47.0 Å². The fraction of sp³-hybridized carbons (Fsp3) is 0.0714. The van der Waals surface area contributed by atoms with Crippen molar-refractivity contribution in [2.75, 3.05) is 5.73 Å². The van der Waals surface area contributed by atoms with E-state index in [2.05, 4.69) is 11.1 Å². The van der Waals surface area contributed by atoms with Gasteiger partial charge in [-0.15, -0.1) is 0 Å². The summed E-state index contributed by atoms with van der Waals surface area (Å²) < 4.78 is 5.77. The highest BCUT2D eigenvalue weighted by Crippen LogP contribution is 2.27. The molecule has 1 aromatic carbocycles. The summed E-state index contributed by atoms with van der Waals surface area (Å²) >= 11 is 0. The Morgan fingerprint density at radius 3 is 2.82 bits per heavy atom. The lowest BCUT2D eigenvalue weighted by molar-refractivity contribution is 0.628. The Morgan fingerprint density at radius 2 is 2.00 bits per heavy atom. The lowest BCUT2D eigenvalue weighted by Crippen LogP contribution is -1.86. The first kappa shape index (κ1) is 9.90. The summed E-state index contributed by atoms with van der Waals surface area (Å²) in [6, 6.07) is 11.7. The smallest absolute Gasteiger partial charge is 0.153 e. The molecule has 3 rings (SSSR count). The van der Waals surface area contributed by atoms with Gasteiger partial charge in [0.1, 0.15) is 11.3 Å². The summed E-state index contributed by atoms with van der Waals surface area (Å²) in [7, 11) is 0. The van der Waals surface area contributed by atoms with Gasteiger partial charge in [0.05, 0.1) is 0 Å². The zero-order chi connectivity index (χ0) is 11.8. The molecular formula is C14H12N2O. The molecule has 17 heavy (non-hydrogen) atoms. The van der Waals surface area contributed by atoms with E-state index < -0.39 is 0 Å². The highest BCUT2D eigenvalue weighted by Gasteiger charge is 2.07. The number of nitrogens with two attached hydrogens (primary N) is 1. The lowest BCUT2D eigenvalue weighted by Gasteiger charge is -1.96. The normalized spacial score (nSPS) is 10.9. The fourth-order valence-corrected chi connectivity index (χ4v) is 1.85. The molecule has 84 valence electrons. The largest absolute Gasteiger partial charge is 0.454 e. The Kier molecular flexibility index (Phi) is 2.11. The third-order valence-electron chi connectivity index (χ3n) is 2.71. The Bertz CT molecular complexity index is 686. The van der Waals surface area contributed by atoms with Gasteiger partial charge >= 0.3 is 0 Å². The van der Waals surface area contributed by atoms with Crippen LogP contribution in [0.5, 0.6) is 0 Å². The van der Waals surface area contributed by atoms with Crippen LogP contribution in [-0.4, -0.2) is 4.98 Å². The second-order valence-electron chi connectivity index (χ2n) is 4.13. The van der Waals surface area contributed by atoms with Gasteiger partial charge in [-0.2, -0.15) is 0 Å². The van der Waals surface area contributed by atoms with Crippen LogP contribution in [0, 0.1) is 6.92 Å². The minimum atomic E-state index is 0.687. The van der Waals surface area contributed by atoms with Crippen LogP contribution in [0.25, 0.3) is 22.4 Å². The first-order chi connectivity index (χ1) is 8.22. The maximum absolute atomic E-state index is 5.77. The standard InChI is InChI=1S/C14H12N2O/c1-9-2-3-10-7-14(17-13(10)6-9)12-8-11(15)4-5-16-12/h2-8H,1H3,(H2,15,16). The molecule has 0 fully saturated rings. The van der Waals surface area contributed by atoms with Crippen molar-refractivity contribution in [3.8, 4) is 11.5 Å². The number of nitrogen functional groups attached to an aromatic ring is 1. The average Bonchev–Trinajstić information content (AvgIpc) is 2.72. The molecule has 0 saturated carbocycles. The van der Waals surface area contributed by atoms with Crippen molar-refractivity contribution in [3.05, 3.63) is 48.2 Å². The van der Waals surface area contributed by atoms with Gasteiger partial charge in [0.25, 0.3) is 0 Å². The quantitative estimate of drug-likeness (QED) is 0.689. The average molecular weight is 224 g/mol. The molecule has 2 aromatic heterocycles. The summed E-state index contributed by atoms with van der Waals surface area (Å²) in [6.07, 6.45) is 1.68. The van der Waals surface area contributed by atoms with Crippen molar-refractivity contribution in [1.82, 2.24) is 4.98 Å². The van der Waals surface area contributed by atoms with Gasteiger partial charge in [0.15, 0.2) is 5.76 Å². The summed E-state index contributed by atoms with van der Waals surface area (Å²) in [6.45, 7) is 2.04. The number of aryl methyl sites for hydroxylation is 1. The van der Waals surface area contributed by atoms with Gasteiger partial charge in [-0.3, -0.25) is 4.98 Å². The molecule has 0 aliphatic rings. The lowest BCUT2D eigenvalue weighted by atomic mass is 10.2. The zero-order valence-corrected chi connectivity index (χ0v) is 9.47.